The summed E-state index contributed by atoms with van der Waals surface area (Å²) in [5.74, 6) is -0.144. The maximum Gasteiger partial charge on any atom is 0.166 e. The molecule has 1 aromatic carbocycles. The number of likely N-dealkylation sites (N-methyl/N-ethyl adjacent to an activating group) is 1. The summed E-state index contributed by atoms with van der Waals surface area (Å²) in [5, 5.41) is 0. The van der Waals surface area contributed by atoms with Crippen molar-refractivity contribution < 1.29 is 9.18 Å². The van der Waals surface area contributed by atoms with Crippen molar-refractivity contribution >= 4 is 17.2 Å². The van der Waals surface area contributed by atoms with Crippen LogP contribution in [0.3, 0.4) is 0 Å². The lowest BCUT2D eigenvalue weighted by Gasteiger charge is -2.36. The molecule has 3 fully saturated rings. The molecule has 0 amide bonds. The van der Waals surface area contributed by atoms with Gasteiger partial charge in [-0.2, -0.15) is 0 Å². The molecule has 1 saturated carbocycles. The summed E-state index contributed by atoms with van der Waals surface area (Å²) in [6.45, 7) is 2.69. The maximum atomic E-state index is 14.7. The Bertz CT molecular complexity index is 685. The second kappa shape index (κ2) is 4.69. The second-order valence-electron chi connectivity index (χ2n) is 7.55. The van der Waals surface area contributed by atoms with E-state index in [1.807, 2.05) is 6.07 Å². The first kappa shape index (κ1) is 13.8. The van der Waals surface area contributed by atoms with Gasteiger partial charge >= 0.3 is 0 Å². The molecule has 0 N–H and O–H groups in total. The monoisotopic (exact) mass is 315 g/mol. The molecule has 3 aliphatic heterocycles. The van der Waals surface area contributed by atoms with Crippen molar-refractivity contribution in [2.24, 2.45) is 0 Å². The van der Waals surface area contributed by atoms with E-state index < -0.39 is 0 Å². The Balaban J connectivity index is 1.55. The highest BCUT2D eigenvalue weighted by Crippen LogP contribution is 2.42. The average Bonchev–Trinajstić information content (AvgIpc) is 3.20. The number of carbonyl (C=O) groups excluding carboxylic acids is 1. The molecule has 0 unspecified atom stereocenters. The number of nitrogens with zero attached hydrogens (tertiary/aromatic N) is 3. The highest BCUT2D eigenvalue weighted by molar-refractivity contribution is 6.04. The van der Waals surface area contributed by atoms with E-state index in [1.165, 1.54) is 18.9 Å². The fourth-order valence-electron chi connectivity index (χ4n) is 4.64. The van der Waals surface area contributed by atoms with Crippen molar-refractivity contribution in [3.63, 3.8) is 0 Å². The minimum absolute atomic E-state index is 0.0880. The molecule has 2 bridgehead atoms. The molecule has 2 saturated heterocycles. The van der Waals surface area contributed by atoms with Gasteiger partial charge in [-0.1, -0.05) is 0 Å². The van der Waals surface area contributed by atoms with Crippen LogP contribution in [0.1, 0.15) is 36.0 Å². The molecule has 2 atom stereocenters. The topological polar surface area (TPSA) is 26.8 Å². The summed E-state index contributed by atoms with van der Waals surface area (Å²) in [7, 11) is 2.15. The molecule has 3 heterocycles. The van der Waals surface area contributed by atoms with Gasteiger partial charge in [0.15, 0.2) is 5.78 Å². The zero-order valence-electron chi connectivity index (χ0n) is 13.5. The Kier molecular flexibility index (Phi) is 2.81. The summed E-state index contributed by atoms with van der Waals surface area (Å²) >= 11 is 0. The Labute approximate surface area is 135 Å². The Hall–Kier alpha value is -1.62. The SMILES string of the molecule is CN1C[C@@H]2C[C@H]1CN2c1cc2c(cc1F)C(=O)CCN2C1CC1. The molecule has 5 heteroatoms. The molecule has 4 nitrogen and oxygen atoms in total. The smallest absolute Gasteiger partial charge is 0.166 e. The van der Waals surface area contributed by atoms with Gasteiger partial charge in [0.2, 0.25) is 0 Å². The molecule has 0 aromatic heterocycles. The van der Waals surface area contributed by atoms with E-state index in [-0.39, 0.29) is 11.6 Å². The zero-order chi connectivity index (χ0) is 15.7. The molecule has 5 rings (SSSR count). The van der Waals surface area contributed by atoms with E-state index in [0.29, 0.717) is 35.8 Å². The normalized spacial score (nSPS) is 30.3. The highest BCUT2D eigenvalue weighted by Gasteiger charge is 2.43. The van der Waals surface area contributed by atoms with Crippen molar-refractivity contribution in [2.45, 2.75) is 43.8 Å². The molecule has 0 radical (unpaired) electrons. The van der Waals surface area contributed by atoms with Crippen LogP contribution in [0.5, 0.6) is 0 Å². The summed E-state index contributed by atoms with van der Waals surface area (Å²) < 4.78 is 14.7. The number of rotatable bonds is 2. The van der Waals surface area contributed by atoms with Crippen LogP contribution < -0.4 is 9.80 Å². The van der Waals surface area contributed by atoms with Crippen LogP contribution in [0.25, 0.3) is 0 Å². The zero-order valence-corrected chi connectivity index (χ0v) is 13.5. The van der Waals surface area contributed by atoms with Crippen molar-refractivity contribution in [2.75, 3.05) is 36.5 Å². The van der Waals surface area contributed by atoms with E-state index in [0.717, 1.165) is 31.7 Å². The third-order valence-corrected chi connectivity index (χ3v) is 6.07. The van der Waals surface area contributed by atoms with Gasteiger partial charge in [-0.25, -0.2) is 4.39 Å². The summed E-state index contributed by atoms with van der Waals surface area (Å²) in [4.78, 5) is 19.1. The maximum absolute atomic E-state index is 14.7. The predicted molar refractivity (Wildman–Crippen MR) is 87.9 cm³/mol. The van der Waals surface area contributed by atoms with Gasteiger partial charge in [-0.05, 0) is 38.4 Å². The van der Waals surface area contributed by atoms with Gasteiger partial charge in [-0.3, -0.25) is 9.69 Å². The third-order valence-electron chi connectivity index (χ3n) is 6.07. The van der Waals surface area contributed by atoms with Gasteiger partial charge < -0.3 is 9.80 Å². The standard InChI is InChI=1S/C18H22FN3O/c1-20-9-13-6-12(20)10-22(13)17-8-16-14(7-15(17)19)18(23)4-5-21(16)11-2-3-11/h7-8,11-13H,2-6,9-10H2,1H3/t12-,13-/m0/s1. The van der Waals surface area contributed by atoms with Crippen LogP contribution in [-0.4, -0.2) is 55.5 Å². The van der Waals surface area contributed by atoms with Crippen LogP contribution >= 0.6 is 0 Å². The van der Waals surface area contributed by atoms with Gasteiger partial charge in [0.25, 0.3) is 0 Å². The molecule has 1 aromatic rings. The van der Waals surface area contributed by atoms with Crippen LogP contribution in [0.15, 0.2) is 12.1 Å². The number of hydrogen-bond acceptors (Lipinski definition) is 4. The molecule has 122 valence electrons. The molecule has 1 aliphatic carbocycles. The summed E-state index contributed by atoms with van der Waals surface area (Å²) in [6.07, 6.45) is 4.03. The quantitative estimate of drug-likeness (QED) is 0.836. The van der Waals surface area contributed by atoms with Crippen LogP contribution in [0.2, 0.25) is 0 Å². The first-order valence-corrected chi connectivity index (χ1v) is 8.72. The molecule has 0 spiro atoms. The first-order chi connectivity index (χ1) is 11.1. The number of carbonyl (C=O) groups is 1. The Morgan fingerprint density at radius 3 is 2.52 bits per heavy atom. The number of likely N-dealkylation sites (tertiary alicyclic amines) is 1. The van der Waals surface area contributed by atoms with E-state index >= 15 is 0 Å². The molecule has 23 heavy (non-hydrogen) atoms. The second-order valence-corrected chi connectivity index (χ2v) is 7.55. The van der Waals surface area contributed by atoms with Crippen LogP contribution in [0.4, 0.5) is 15.8 Å². The largest absolute Gasteiger partial charge is 0.367 e. The Morgan fingerprint density at radius 2 is 1.87 bits per heavy atom. The van der Waals surface area contributed by atoms with Crippen molar-refractivity contribution in [3.05, 3.63) is 23.5 Å². The van der Waals surface area contributed by atoms with E-state index in [1.54, 1.807) is 0 Å². The lowest BCUT2D eigenvalue weighted by molar-refractivity contribution is 0.0979. The predicted octanol–water partition coefficient (Wildman–Crippen LogP) is 2.27. The number of Topliss-reactive ketones (excluding diaryl/α,β-unsaturated/α-hetero) is 1. The molecule has 4 aliphatic rings. The number of anilines is 2. The van der Waals surface area contributed by atoms with Gasteiger partial charge in [0.1, 0.15) is 5.82 Å². The average molecular weight is 315 g/mol. The molecular weight excluding hydrogens is 293 g/mol. The summed E-state index contributed by atoms with van der Waals surface area (Å²) in [6, 6.07) is 4.96. The summed E-state index contributed by atoms with van der Waals surface area (Å²) in [5.41, 5.74) is 2.26. The third kappa shape index (κ3) is 2.02. The minimum atomic E-state index is -0.232. The van der Waals surface area contributed by atoms with Gasteiger partial charge in [-0.15, -0.1) is 0 Å². The number of piperazine rings is 1. The van der Waals surface area contributed by atoms with E-state index in [2.05, 4.69) is 21.7 Å². The Morgan fingerprint density at radius 1 is 1.04 bits per heavy atom. The van der Waals surface area contributed by atoms with Crippen LogP contribution in [-0.2, 0) is 0 Å². The van der Waals surface area contributed by atoms with E-state index in [4.69, 9.17) is 0 Å². The fourth-order valence-corrected chi connectivity index (χ4v) is 4.64. The van der Waals surface area contributed by atoms with Crippen molar-refractivity contribution in [1.29, 1.82) is 0 Å². The van der Waals surface area contributed by atoms with Gasteiger partial charge in [0, 0.05) is 49.7 Å². The minimum Gasteiger partial charge on any atom is -0.367 e. The number of halogens is 1. The van der Waals surface area contributed by atoms with Crippen LogP contribution in [0, 0.1) is 5.82 Å². The van der Waals surface area contributed by atoms with Crippen molar-refractivity contribution in [1.82, 2.24) is 4.90 Å². The van der Waals surface area contributed by atoms with E-state index in [9.17, 15) is 9.18 Å². The van der Waals surface area contributed by atoms with Gasteiger partial charge in [0.05, 0.1) is 11.4 Å². The van der Waals surface area contributed by atoms with Crippen molar-refractivity contribution in [3.8, 4) is 0 Å². The molecular formula is C18H22FN3O. The highest BCUT2D eigenvalue weighted by atomic mass is 19.1. The fraction of sp³-hybridized carbons (Fsp3) is 0.611. The number of benzene rings is 1. The number of hydrogen-bond donors (Lipinski definition) is 0. The lowest BCUT2D eigenvalue weighted by atomic mass is 9.98. The first-order valence-electron chi connectivity index (χ1n) is 8.72. The number of ketones is 1. The lowest BCUT2D eigenvalue weighted by Crippen LogP contribution is -2.45. The number of fused-ring (bicyclic) bond motifs is 3.